The van der Waals surface area contributed by atoms with Crippen molar-refractivity contribution in [1.29, 1.82) is 0 Å². The number of sulfonamides is 1. The predicted molar refractivity (Wildman–Crippen MR) is 85.4 cm³/mol. The molecule has 0 spiro atoms. The fraction of sp³-hybridized carbons (Fsp3) is 0.438. The molecule has 1 aliphatic carbocycles. The smallest absolute Gasteiger partial charge is 0.325 e. The van der Waals surface area contributed by atoms with Gasteiger partial charge in [0.2, 0.25) is 10.0 Å². The average molecular weight is 337 g/mol. The van der Waals surface area contributed by atoms with E-state index < -0.39 is 21.5 Å². The average Bonchev–Trinajstić information content (AvgIpc) is 3.30. The molecule has 1 heterocycles. The number of carbonyl (C=O) groups is 1. The van der Waals surface area contributed by atoms with E-state index in [1.807, 2.05) is 12.1 Å². The number of carboxylic acids is 1. The first kappa shape index (κ1) is 16.0. The van der Waals surface area contributed by atoms with E-state index in [0.29, 0.717) is 24.2 Å². The fourth-order valence-electron chi connectivity index (χ4n) is 2.97. The van der Waals surface area contributed by atoms with Gasteiger partial charge in [0, 0.05) is 18.5 Å². The Morgan fingerprint density at radius 1 is 1.35 bits per heavy atom. The molecule has 1 aromatic carbocycles. The number of ether oxygens (including phenoxy) is 1. The van der Waals surface area contributed by atoms with Gasteiger partial charge >= 0.3 is 5.97 Å². The standard InChI is InChI=1S/C16H19NO5S/c1-2-17(16(8-9-16)15(18)19)23(20,21)13-7-10-22-14-6-4-3-5-12(14)11-13/h3-6,11H,2,7-10H2,1H3,(H,18,19). The van der Waals surface area contributed by atoms with Crippen LogP contribution >= 0.6 is 0 Å². The van der Waals surface area contributed by atoms with Gasteiger partial charge in [-0.1, -0.05) is 25.1 Å². The molecular formula is C16H19NO5S. The molecule has 0 radical (unpaired) electrons. The third-order valence-corrected chi connectivity index (χ3v) is 6.52. The van der Waals surface area contributed by atoms with Crippen LogP contribution in [0.4, 0.5) is 0 Å². The molecule has 0 unspecified atom stereocenters. The van der Waals surface area contributed by atoms with Crippen LogP contribution in [-0.2, 0) is 14.8 Å². The number of nitrogens with zero attached hydrogens (tertiary/aromatic N) is 1. The van der Waals surface area contributed by atoms with Gasteiger partial charge in [0.15, 0.2) is 0 Å². The molecule has 0 saturated heterocycles. The fourth-order valence-corrected chi connectivity index (χ4v) is 4.94. The number of likely N-dealkylation sites (N-methyl/N-ethyl adjacent to an activating group) is 1. The largest absolute Gasteiger partial charge is 0.493 e. The number of hydrogen-bond donors (Lipinski definition) is 1. The van der Waals surface area contributed by atoms with Crippen LogP contribution in [0.3, 0.4) is 0 Å². The molecule has 1 aromatic rings. The molecule has 0 atom stereocenters. The summed E-state index contributed by atoms with van der Waals surface area (Å²) in [6.45, 7) is 2.05. The normalized spacial score (nSPS) is 19.3. The number of para-hydroxylation sites is 1. The Hall–Kier alpha value is -1.86. The number of hydrogen-bond acceptors (Lipinski definition) is 4. The molecule has 7 heteroatoms. The van der Waals surface area contributed by atoms with Crippen molar-refractivity contribution in [3.05, 3.63) is 34.7 Å². The number of rotatable bonds is 5. The van der Waals surface area contributed by atoms with Crippen molar-refractivity contribution in [2.45, 2.75) is 31.7 Å². The third kappa shape index (κ3) is 2.64. The molecular weight excluding hydrogens is 318 g/mol. The quantitative estimate of drug-likeness (QED) is 0.889. The van der Waals surface area contributed by atoms with Gasteiger partial charge in [-0.25, -0.2) is 8.42 Å². The van der Waals surface area contributed by atoms with Gasteiger partial charge in [0.25, 0.3) is 0 Å². The molecule has 1 aliphatic heterocycles. The summed E-state index contributed by atoms with van der Waals surface area (Å²) < 4.78 is 32.7. The van der Waals surface area contributed by atoms with Crippen LogP contribution < -0.4 is 4.74 Å². The van der Waals surface area contributed by atoms with Crippen LogP contribution in [0.1, 0.15) is 31.7 Å². The Bertz CT molecular complexity index is 764. The summed E-state index contributed by atoms with van der Waals surface area (Å²) in [5.41, 5.74) is -0.582. The zero-order valence-electron chi connectivity index (χ0n) is 12.9. The molecule has 0 aromatic heterocycles. The molecule has 1 saturated carbocycles. The van der Waals surface area contributed by atoms with E-state index >= 15 is 0 Å². The maximum Gasteiger partial charge on any atom is 0.325 e. The highest BCUT2D eigenvalue weighted by atomic mass is 32.2. The van der Waals surface area contributed by atoms with Crippen molar-refractivity contribution >= 4 is 22.1 Å². The van der Waals surface area contributed by atoms with E-state index in [1.54, 1.807) is 25.1 Å². The van der Waals surface area contributed by atoms with Crippen LogP contribution in [0, 0.1) is 0 Å². The Kier molecular flexibility index (Phi) is 3.93. The summed E-state index contributed by atoms with van der Waals surface area (Å²) in [6.07, 6.45) is 2.53. The number of benzene rings is 1. The molecule has 1 fully saturated rings. The third-order valence-electron chi connectivity index (χ3n) is 4.35. The summed E-state index contributed by atoms with van der Waals surface area (Å²) in [5, 5.41) is 9.43. The first-order valence-corrected chi connectivity index (χ1v) is 9.04. The molecule has 6 nitrogen and oxygen atoms in total. The summed E-state index contributed by atoms with van der Waals surface area (Å²) in [5.74, 6) is -0.436. The van der Waals surface area contributed by atoms with Gasteiger partial charge in [-0.2, -0.15) is 4.31 Å². The van der Waals surface area contributed by atoms with Gasteiger partial charge in [0.1, 0.15) is 11.3 Å². The van der Waals surface area contributed by atoms with Crippen molar-refractivity contribution < 1.29 is 23.1 Å². The first-order valence-electron chi connectivity index (χ1n) is 7.60. The van der Waals surface area contributed by atoms with Crippen molar-refractivity contribution in [2.75, 3.05) is 13.2 Å². The van der Waals surface area contributed by atoms with Gasteiger partial charge in [-0.05, 0) is 25.0 Å². The summed E-state index contributed by atoms with van der Waals surface area (Å²) in [4.78, 5) is 11.7. The minimum absolute atomic E-state index is 0.133. The van der Waals surface area contributed by atoms with Crippen molar-refractivity contribution in [2.24, 2.45) is 0 Å². The maximum atomic E-state index is 13.0. The Balaban J connectivity index is 2.02. The van der Waals surface area contributed by atoms with Crippen LogP contribution in [0.5, 0.6) is 5.75 Å². The lowest BCUT2D eigenvalue weighted by atomic mass is 10.2. The molecule has 3 rings (SSSR count). The summed E-state index contributed by atoms with van der Waals surface area (Å²) in [7, 11) is -3.85. The predicted octanol–water partition coefficient (Wildman–Crippen LogP) is 2.08. The summed E-state index contributed by atoms with van der Waals surface area (Å²) >= 11 is 0. The highest BCUT2D eigenvalue weighted by Gasteiger charge is 2.59. The lowest BCUT2D eigenvalue weighted by molar-refractivity contribution is -0.143. The van der Waals surface area contributed by atoms with Crippen LogP contribution in [-0.4, -0.2) is 42.5 Å². The van der Waals surface area contributed by atoms with E-state index in [-0.39, 0.29) is 24.5 Å². The SMILES string of the molecule is CCN(C1(C(=O)O)CC1)S(=O)(=O)C1=Cc2ccccc2OCC1. The topological polar surface area (TPSA) is 83.9 Å². The van der Waals surface area contributed by atoms with Crippen LogP contribution in [0.25, 0.3) is 6.08 Å². The van der Waals surface area contributed by atoms with Gasteiger partial charge in [-0.3, -0.25) is 4.79 Å². The van der Waals surface area contributed by atoms with Crippen LogP contribution in [0.15, 0.2) is 29.2 Å². The van der Waals surface area contributed by atoms with Crippen molar-refractivity contribution in [3.8, 4) is 5.75 Å². The zero-order chi connectivity index (χ0) is 16.7. The molecule has 1 N–H and O–H groups in total. The monoisotopic (exact) mass is 337 g/mol. The van der Waals surface area contributed by atoms with E-state index in [1.165, 1.54) is 0 Å². The molecule has 124 valence electrons. The number of aliphatic carboxylic acids is 1. The highest BCUT2D eigenvalue weighted by molar-refractivity contribution is 7.93. The van der Waals surface area contributed by atoms with Crippen LogP contribution in [0.2, 0.25) is 0 Å². The van der Waals surface area contributed by atoms with Gasteiger partial charge in [-0.15, -0.1) is 0 Å². The molecule has 23 heavy (non-hydrogen) atoms. The zero-order valence-corrected chi connectivity index (χ0v) is 13.7. The Morgan fingerprint density at radius 3 is 2.65 bits per heavy atom. The first-order chi connectivity index (χ1) is 10.9. The summed E-state index contributed by atoms with van der Waals surface area (Å²) in [6, 6.07) is 7.22. The van der Waals surface area contributed by atoms with E-state index in [9.17, 15) is 18.3 Å². The Morgan fingerprint density at radius 2 is 2.04 bits per heavy atom. The van der Waals surface area contributed by atoms with E-state index in [4.69, 9.17) is 4.74 Å². The molecule has 0 bridgehead atoms. The lowest BCUT2D eigenvalue weighted by Crippen LogP contribution is -2.47. The molecule has 0 amide bonds. The minimum Gasteiger partial charge on any atom is -0.493 e. The second-order valence-corrected chi connectivity index (χ2v) is 7.67. The highest BCUT2D eigenvalue weighted by Crippen LogP contribution is 2.45. The van der Waals surface area contributed by atoms with E-state index in [2.05, 4.69) is 0 Å². The van der Waals surface area contributed by atoms with Gasteiger partial charge in [0.05, 0.1) is 11.5 Å². The maximum absolute atomic E-state index is 13.0. The minimum atomic E-state index is -3.85. The van der Waals surface area contributed by atoms with Gasteiger partial charge < -0.3 is 9.84 Å². The lowest BCUT2D eigenvalue weighted by Gasteiger charge is -2.27. The Labute approximate surface area is 135 Å². The number of carboxylic acid groups (broad SMARTS) is 1. The second-order valence-electron chi connectivity index (χ2n) is 5.75. The van der Waals surface area contributed by atoms with Crippen molar-refractivity contribution in [1.82, 2.24) is 4.31 Å². The molecule has 2 aliphatic rings. The van der Waals surface area contributed by atoms with Crippen molar-refractivity contribution in [3.63, 3.8) is 0 Å². The number of fused-ring (bicyclic) bond motifs is 1. The van der Waals surface area contributed by atoms with E-state index in [0.717, 1.165) is 4.31 Å². The second kappa shape index (κ2) is 5.65.